The molecule has 4 heterocycles. The normalized spacial score (nSPS) is 24.2. The van der Waals surface area contributed by atoms with Gasteiger partial charge >= 0.3 is 6.18 Å². The van der Waals surface area contributed by atoms with Crippen molar-refractivity contribution in [3.63, 3.8) is 0 Å². The number of nitrogens with one attached hydrogen (secondary N) is 1. The van der Waals surface area contributed by atoms with Crippen LogP contribution in [0.1, 0.15) is 28.9 Å². The summed E-state index contributed by atoms with van der Waals surface area (Å²) < 4.78 is 45.0. The van der Waals surface area contributed by atoms with Crippen LogP contribution in [0, 0.1) is 5.92 Å². The van der Waals surface area contributed by atoms with Crippen molar-refractivity contribution >= 4 is 5.91 Å². The Hall–Kier alpha value is -2.55. The number of hydrogen-bond donors (Lipinski definition) is 1. The molecule has 28 heavy (non-hydrogen) atoms. The summed E-state index contributed by atoms with van der Waals surface area (Å²) in [6.45, 7) is 2.97. The number of amides is 1. The molecule has 0 radical (unpaired) electrons. The zero-order valence-electron chi connectivity index (χ0n) is 15.2. The summed E-state index contributed by atoms with van der Waals surface area (Å²) in [5, 5.41) is 7.22. The quantitative estimate of drug-likeness (QED) is 0.847. The van der Waals surface area contributed by atoms with Crippen LogP contribution in [0.4, 0.5) is 13.2 Å². The molecule has 1 unspecified atom stereocenters. The lowest BCUT2D eigenvalue weighted by atomic mass is 9.84. The molecule has 2 aromatic rings. The summed E-state index contributed by atoms with van der Waals surface area (Å²) in [5.41, 5.74) is -0.507. The van der Waals surface area contributed by atoms with Gasteiger partial charge in [-0.3, -0.25) is 4.79 Å². The van der Waals surface area contributed by atoms with Gasteiger partial charge in [0.25, 0.3) is 5.91 Å². The lowest BCUT2D eigenvalue weighted by molar-refractivity contribution is -0.137. The number of ether oxygens (including phenoxy) is 1. The first-order valence-corrected chi connectivity index (χ1v) is 9.25. The Balaban J connectivity index is 1.34. The molecule has 0 aliphatic carbocycles. The van der Waals surface area contributed by atoms with E-state index in [9.17, 15) is 18.0 Å². The van der Waals surface area contributed by atoms with Crippen LogP contribution in [0.2, 0.25) is 0 Å². The Labute approximate surface area is 160 Å². The second-order valence-corrected chi connectivity index (χ2v) is 7.26. The second-order valence-electron chi connectivity index (χ2n) is 7.26. The van der Waals surface area contributed by atoms with Gasteiger partial charge in [0.15, 0.2) is 6.73 Å². The number of fused-ring (bicyclic) bond motifs is 3. The Bertz CT molecular complexity index is 844. The van der Waals surface area contributed by atoms with Crippen molar-refractivity contribution in [2.75, 3.05) is 19.6 Å². The molecule has 5 rings (SSSR count). The Kier molecular flexibility index (Phi) is 5.01. The first kappa shape index (κ1) is 18.8. The number of piperidine rings is 3. The third-order valence-electron chi connectivity index (χ3n) is 5.37. The number of carbonyl (C=O) groups is 1. The largest absolute Gasteiger partial charge is 0.471 e. The van der Waals surface area contributed by atoms with Crippen LogP contribution in [0.25, 0.3) is 0 Å². The van der Waals surface area contributed by atoms with E-state index in [2.05, 4.69) is 15.3 Å². The van der Waals surface area contributed by atoms with Crippen LogP contribution in [-0.2, 0) is 12.9 Å². The van der Waals surface area contributed by atoms with E-state index >= 15 is 0 Å². The first-order chi connectivity index (χ1) is 13.4. The average molecular weight is 394 g/mol. The van der Waals surface area contributed by atoms with E-state index in [-0.39, 0.29) is 30.1 Å². The maximum absolute atomic E-state index is 12.8. The number of nitrogens with zero attached hydrogens (tertiary/aromatic N) is 3. The number of halogens is 3. The van der Waals surface area contributed by atoms with Crippen LogP contribution in [-0.4, -0.2) is 46.3 Å². The third-order valence-corrected chi connectivity index (χ3v) is 5.37. The smallest absolute Gasteiger partial charge is 0.416 e. The SMILES string of the molecule is O=C(NC1CN2CCC1CC2)c1ccn(COc2cccc(C(F)(F)F)c2)n1. The monoisotopic (exact) mass is 394 g/mol. The molecule has 150 valence electrons. The second kappa shape index (κ2) is 7.46. The summed E-state index contributed by atoms with van der Waals surface area (Å²) in [6, 6.07) is 6.36. The fraction of sp³-hybridized carbons (Fsp3) is 0.474. The van der Waals surface area contributed by atoms with Crippen molar-refractivity contribution in [1.82, 2.24) is 20.0 Å². The molecule has 0 saturated carbocycles. The van der Waals surface area contributed by atoms with Crippen molar-refractivity contribution in [3.05, 3.63) is 47.8 Å². The Morgan fingerprint density at radius 1 is 1.25 bits per heavy atom. The molecular weight excluding hydrogens is 373 g/mol. The number of benzene rings is 1. The van der Waals surface area contributed by atoms with E-state index in [4.69, 9.17) is 4.74 Å². The highest BCUT2D eigenvalue weighted by Crippen LogP contribution is 2.31. The topological polar surface area (TPSA) is 59.4 Å². The highest BCUT2D eigenvalue weighted by molar-refractivity contribution is 5.92. The van der Waals surface area contributed by atoms with Gasteiger partial charge in [0.1, 0.15) is 11.4 Å². The van der Waals surface area contributed by atoms with Gasteiger partial charge in [-0.05, 0) is 56.1 Å². The van der Waals surface area contributed by atoms with Crippen molar-refractivity contribution in [3.8, 4) is 5.75 Å². The molecule has 1 amide bonds. The zero-order chi connectivity index (χ0) is 19.7. The van der Waals surface area contributed by atoms with Crippen LogP contribution in [0.3, 0.4) is 0 Å². The third kappa shape index (κ3) is 4.14. The number of hydrogen-bond acceptors (Lipinski definition) is 4. The standard InChI is InChI=1S/C19H21F3N4O2/c20-19(21,22)14-2-1-3-15(10-14)28-12-26-9-6-16(24-26)18(27)23-17-11-25-7-4-13(17)5-8-25/h1-3,6,9-10,13,17H,4-5,7-8,11-12H2,(H,23,27). The molecule has 1 atom stereocenters. The highest BCUT2D eigenvalue weighted by atomic mass is 19.4. The van der Waals surface area contributed by atoms with Gasteiger partial charge in [-0.1, -0.05) is 6.07 Å². The van der Waals surface area contributed by atoms with Gasteiger partial charge in [-0.2, -0.15) is 18.3 Å². The number of alkyl halides is 3. The molecule has 3 saturated heterocycles. The maximum Gasteiger partial charge on any atom is 0.416 e. The van der Waals surface area contributed by atoms with E-state index < -0.39 is 11.7 Å². The molecule has 1 aromatic carbocycles. The Morgan fingerprint density at radius 2 is 2.04 bits per heavy atom. The minimum atomic E-state index is -4.43. The molecule has 1 aromatic heterocycles. The van der Waals surface area contributed by atoms with E-state index in [0.717, 1.165) is 44.6 Å². The molecule has 3 aliphatic rings. The summed E-state index contributed by atoms with van der Waals surface area (Å²) >= 11 is 0. The predicted octanol–water partition coefficient (Wildman–Crippen LogP) is 2.76. The highest BCUT2D eigenvalue weighted by Gasteiger charge is 2.35. The Morgan fingerprint density at radius 3 is 2.71 bits per heavy atom. The van der Waals surface area contributed by atoms with Gasteiger partial charge in [0.2, 0.25) is 0 Å². The average Bonchev–Trinajstić information content (AvgIpc) is 3.16. The van der Waals surface area contributed by atoms with Crippen LogP contribution in [0.5, 0.6) is 5.75 Å². The number of carbonyl (C=O) groups excluding carboxylic acids is 1. The van der Waals surface area contributed by atoms with E-state index in [1.807, 2.05) is 0 Å². The minimum Gasteiger partial charge on any atom is -0.471 e. The van der Waals surface area contributed by atoms with E-state index in [1.54, 1.807) is 12.3 Å². The van der Waals surface area contributed by atoms with E-state index in [1.165, 1.54) is 16.8 Å². The summed E-state index contributed by atoms with van der Waals surface area (Å²) in [4.78, 5) is 14.8. The number of aromatic nitrogens is 2. The van der Waals surface area contributed by atoms with Crippen LogP contribution >= 0.6 is 0 Å². The molecular formula is C19H21F3N4O2. The molecule has 3 fully saturated rings. The molecule has 6 nitrogen and oxygen atoms in total. The minimum absolute atomic E-state index is 0.0867. The van der Waals surface area contributed by atoms with Gasteiger partial charge in [0, 0.05) is 18.8 Å². The molecule has 2 bridgehead atoms. The maximum atomic E-state index is 12.8. The van der Waals surface area contributed by atoms with Crippen molar-refractivity contribution in [1.29, 1.82) is 0 Å². The van der Waals surface area contributed by atoms with Crippen molar-refractivity contribution < 1.29 is 22.7 Å². The van der Waals surface area contributed by atoms with E-state index in [0.29, 0.717) is 5.92 Å². The fourth-order valence-electron chi connectivity index (χ4n) is 3.83. The summed E-state index contributed by atoms with van der Waals surface area (Å²) in [6.07, 6.45) is -0.654. The van der Waals surface area contributed by atoms with Crippen molar-refractivity contribution in [2.24, 2.45) is 5.92 Å². The fourth-order valence-corrected chi connectivity index (χ4v) is 3.83. The van der Waals surface area contributed by atoms with Gasteiger partial charge in [-0.15, -0.1) is 0 Å². The summed E-state index contributed by atoms with van der Waals surface area (Å²) in [7, 11) is 0. The van der Waals surface area contributed by atoms with Gasteiger partial charge in [-0.25, -0.2) is 4.68 Å². The molecule has 3 aliphatic heterocycles. The number of rotatable bonds is 5. The predicted molar refractivity (Wildman–Crippen MR) is 94.7 cm³/mol. The zero-order valence-corrected chi connectivity index (χ0v) is 15.2. The molecule has 9 heteroatoms. The molecule has 1 N–H and O–H groups in total. The lowest BCUT2D eigenvalue weighted by Gasteiger charge is -2.44. The molecule has 0 spiro atoms. The van der Waals surface area contributed by atoms with Crippen LogP contribution in [0.15, 0.2) is 36.5 Å². The van der Waals surface area contributed by atoms with Gasteiger partial charge in [0.05, 0.1) is 5.56 Å². The summed E-state index contributed by atoms with van der Waals surface area (Å²) in [5.74, 6) is 0.362. The first-order valence-electron chi connectivity index (χ1n) is 9.25. The van der Waals surface area contributed by atoms with Gasteiger partial charge < -0.3 is 15.0 Å². The lowest BCUT2D eigenvalue weighted by Crippen LogP contribution is -2.57. The van der Waals surface area contributed by atoms with Crippen LogP contribution < -0.4 is 10.1 Å². The van der Waals surface area contributed by atoms with Crippen molar-refractivity contribution in [2.45, 2.75) is 31.8 Å².